The number of nitrogens with zero attached hydrogens (tertiary/aromatic N) is 4. The van der Waals surface area contributed by atoms with Crippen LogP contribution in [0.4, 0.5) is 5.82 Å². The molecule has 0 unspecified atom stereocenters. The maximum Gasteiger partial charge on any atom is 0.270 e. The molecule has 0 bridgehead atoms. The molecule has 2 aromatic heterocycles. The van der Waals surface area contributed by atoms with Crippen LogP contribution in [0.25, 0.3) is 34.3 Å². The van der Waals surface area contributed by atoms with E-state index in [4.69, 9.17) is 14.9 Å². The Labute approximate surface area is 198 Å². The molecule has 9 nitrogen and oxygen atoms in total. The summed E-state index contributed by atoms with van der Waals surface area (Å²) in [5.41, 5.74) is 9.22. The van der Waals surface area contributed by atoms with E-state index in [0.717, 1.165) is 12.0 Å². The van der Waals surface area contributed by atoms with E-state index >= 15 is 0 Å². The molecule has 2 heterocycles. The summed E-state index contributed by atoms with van der Waals surface area (Å²) in [7, 11) is -1.78. The van der Waals surface area contributed by atoms with Crippen LogP contribution < -0.4 is 10.5 Å². The zero-order valence-electron chi connectivity index (χ0n) is 19.3. The summed E-state index contributed by atoms with van der Waals surface area (Å²) < 4.78 is 36.1. The predicted octanol–water partition coefficient (Wildman–Crippen LogP) is 4.20. The lowest BCUT2D eigenvalue weighted by Crippen LogP contribution is -2.13. The second kappa shape index (κ2) is 9.22. The molecule has 10 heteroatoms. The lowest BCUT2D eigenvalue weighted by atomic mass is 10.1. The molecule has 0 amide bonds. The smallest absolute Gasteiger partial charge is 0.270 e. The fraction of sp³-hybridized carbons (Fsp3) is 0.250. The Kier molecular flexibility index (Phi) is 6.34. The highest BCUT2D eigenvalue weighted by atomic mass is 32.2. The number of aromatic nitrogens is 4. The van der Waals surface area contributed by atoms with Gasteiger partial charge < -0.3 is 14.9 Å². The fourth-order valence-electron chi connectivity index (χ4n) is 3.34. The minimum Gasteiger partial charge on any atom is -0.496 e. The van der Waals surface area contributed by atoms with Gasteiger partial charge in [0.05, 0.1) is 34.7 Å². The first-order valence-electron chi connectivity index (χ1n) is 10.7. The number of hydrogen-bond donors (Lipinski definition) is 1. The van der Waals surface area contributed by atoms with Crippen molar-refractivity contribution < 1.29 is 17.6 Å². The van der Waals surface area contributed by atoms with Crippen LogP contribution in [0.1, 0.15) is 26.3 Å². The second-order valence-corrected chi connectivity index (χ2v) is 10.4. The third-order valence-corrected chi connectivity index (χ3v) is 7.60. The molecule has 34 heavy (non-hydrogen) atoms. The summed E-state index contributed by atoms with van der Waals surface area (Å²) in [6.07, 6.45) is 2.38. The van der Waals surface area contributed by atoms with Crippen molar-refractivity contribution >= 4 is 15.7 Å². The molecular weight excluding hydrogens is 454 g/mol. The Morgan fingerprint density at radius 1 is 1.06 bits per heavy atom. The Balaban J connectivity index is 1.69. The SMILES string of the molecule is CCc1ccc(-c2nnc(-c3nc(-c4ccc(S(=O)(=O)C(C)C)cc4)cnc3N)o2)c(OC)c1. The van der Waals surface area contributed by atoms with Gasteiger partial charge in [-0.3, -0.25) is 0 Å². The lowest BCUT2D eigenvalue weighted by Gasteiger charge is -2.09. The Morgan fingerprint density at radius 2 is 1.76 bits per heavy atom. The van der Waals surface area contributed by atoms with Gasteiger partial charge in [-0.15, -0.1) is 10.2 Å². The lowest BCUT2D eigenvalue weighted by molar-refractivity contribution is 0.414. The van der Waals surface area contributed by atoms with Crippen molar-refractivity contribution in [2.45, 2.75) is 37.3 Å². The number of nitrogens with two attached hydrogens (primary N) is 1. The van der Waals surface area contributed by atoms with Crippen molar-refractivity contribution in [1.29, 1.82) is 0 Å². The van der Waals surface area contributed by atoms with Crippen LogP contribution in [-0.4, -0.2) is 40.9 Å². The number of rotatable bonds is 7. The number of aryl methyl sites for hydroxylation is 1. The number of nitrogen functional groups attached to an aromatic ring is 1. The summed E-state index contributed by atoms with van der Waals surface area (Å²) in [6.45, 7) is 5.35. The van der Waals surface area contributed by atoms with E-state index in [2.05, 4.69) is 27.1 Å². The summed E-state index contributed by atoms with van der Waals surface area (Å²) in [5, 5.41) is 7.74. The van der Waals surface area contributed by atoms with Crippen LogP contribution in [-0.2, 0) is 16.3 Å². The quantitative estimate of drug-likeness (QED) is 0.414. The van der Waals surface area contributed by atoms with Gasteiger partial charge in [-0.2, -0.15) is 0 Å². The van der Waals surface area contributed by atoms with Crippen molar-refractivity contribution in [1.82, 2.24) is 20.2 Å². The van der Waals surface area contributed by atoms with E-state index in [1.807, 2.05) is 18.2 Å². The zero-order valence-corrected chi connectivity index (χ0v) is 20.1. The van der Waals surface area contributed by atoms with E-state index in [1.165, 1.54) is 6.20 Å². The average Bonchev–Trinajstić information content (AvgIpc) is 3.33. The number of hydrogen-bond acceptors (Lipinski definition) is 9. The fourth-order valence-corrected chi connectivity index (χ4v) is 4.40. The number of benzene rings is 2. The summed E-state index contributed by atoms with van der Waals surface area (Å²) in [4.78, 5) is 9.02. The van der Waals surface area contributed by atoms with E-state index in [-0.39, 0.29) is 28.2 Å². The molecule has 2 N–H and O–H groups in total. The average molecular weight is 480 g/mol. The standard InChI is InChI=1S/C24H25N5O4S/c1-5-15-6-11-18(20(12-15)32-4)23-28-29-24(33-23)21-22(25)26-13-19(27-21)16-7-9-17(10-8-16)34(30,31)14(2)3/h6-14H,5H2,1-4H3,(H2,25,26). The van der Waals surface area contributed by atoms with Gasteiger partial charge >= 0.3 is 0 Å². The molecule has 2 aromatic carbocycles. The van der Waals surface area contributed by atoms with Crippen LogP contribution in [0.5, 0.6) is 5.75 Å². The number of methoxy groups -OCH3 is 1. The minimum absolute atomic E-state index is 0.113. The Morgan fingerprint density at radius 3 is 2.41 bits per heavy atom. The van der Waals surface area contributed by atoms with E-state index in [1.54, 1.807) is 45.2 Å². The van der Waals surface area contributed by atoms with E-state index in [9.17, 15) is 8.42 Å². The second-order valence-electron chi connectivity index (χ2n) is 7.91. The maximum atomic E-state index is 12.4. The Bertz CT molecular complexity index is 1430. The van der Waals surface area contributed by atoms with E-state index in [0.29, 0.717) is 22.6 Å². The molecule has 0 radical (unpaired) electrons. The Hall–Kier alpha value is -3.79. The molecule has 4 aromatic rings. The summed E-state index contributed by atoms with van der Waals surface area (Å²) >= 11 is 0. The molecule has 0 saturated heterocycles. The number of ether oxygens (including phenoxy) is 1. The first kappa shape index (κ1) is 23.4. The number of sulfone groups is 1. The largest absolute Gasteiger partial charge is 0.496 e. The van der Waals surface area contributed by atoms with Gasteiger partial charge in [0.2, 0.25) is 0 Å². The third-order valence-electron chi connectivity index (χ3n) is 5.43. The van der Waals surface area contributed by atoms with Crippen molar-refractivity contribution in [2.24, 2.45) is 0 Å². The van der Waals surface area contributed by atoms with Gasteiger partial charge in [-0.05, 0) is 50.1 Å². The van der Waals surface area contributed by atoms with Crippen molar-refractivity contribution in [2.75, 3.05) is 12.8 Å². The van der Waals surface area contributed by atoms with Gasteiger partial charge in [-0.25, -0.2) is 18.4 Å². The molecule has 0 aliphatic heterocycles. The zero-order chi connectivity index (χ0) is 24.5. The highest BCUT2D eigenvalue weighted by Crippen LogP contribution is 2.33. The molecule has 0 aliphatic carbocycles. The minimum atomic E-state index is -3.37. The van der Waals surface area contributed by atoms with Crippen molar-refractivity contribution in [3.63, 3.8) is 0 Å². The maximum absolute atomic E-state index is 12.4. The van der Waals surface area contributed by atoms with E-state index < -0.39 is 15.1 Å². The van der Waals surface area contributed by atoms with Crippen LogP contribution >= 0.6 is 0 Å². The first-order valence-corrected chi connectivity index (χ1v) is 12.3. The molecule has 0 atom stereocenters. The number of anilines is 1. The van der Waals surface area contributed by atoms with Gasteiger partial charge in [0.1, 0.15) is 5.75 Å². The van der Waals surface area contributed by atoms with Crippen LogP contribution in [0, 0.1) is 0 Å². The molecular formula is C24H25N5O4S. The third kappa shape index (κ3) is 4.36. The normalized spacial score (nSPS) is 11.7. The van der Waals surface area contributed by atoms with Crippen LogP contribution in [0.2, 0.25) is 0 Å². The van der Waals surface area contributed by atoms with Gasteiger partial charge in [0, 0.05) is 5.56 Å². The van der Waals surface area contributed by atoms with Gasteiger partial charge in [-0.1, -0.05) is 25.1 Å². The molecule has 0 saturated carbocycles. The highest BCUT2D eigenvalue weighted by molar-refractivity contribution is 7.92. The molecule has 0 fully saturated rings. The van der Waals surface area contributed by atoms with Crippen LogP contribution in [0.15, 0.2) is 58.0 Å². The van der Waals surface area contributed by atoms with Crippen molar-refractivity contribution in [3.8, 4) is 40.0 Å². The summed E-state index contributed by atoms with van der Waals surface area (Å²) in [5.74, 6) is 1.14. The van der Waals surface area contributed by atoms with Gasteiger partial charge in [0.25, 0.3) is 11.8 Å². The van der Waals surface area contributed by atoms with Crippen LogP contribution in [0.3, 0.4) is 0 Å². The first-order chi connectivity index (χ1) is 16.2. The monoisotopic (exact) mass is 479 g/mol. The molecule has 4 rings (SSSR count). The van der Waals surface area contributed by atoms with Gasteiger partial charge in [0.15, 0.2) is 21.3 Å². The highest BCUT2D eigenvalue weighted by Gasteiger charge is 2.21. The predicted molar refractivity (Wildman–Crippen MR) is 129 cm³/mol. The summed E-state index contributed by atoms with van der Waals surface area (Å²) in [6, 6.07) is 12.2. The molecule has 176 valence electrons. The molecule has 0 spiro atoms. The van der Waals surface area contributed by atoms with Crippen molar-refractivity contribution in [3.05, 3.63) is 54.2 Å². The molecule has 0 aliphatic rings. The topological polar surface area (TPSA) is 134 Å².